The molecule has 132 valence electrons. The summed E-state index contributed by atoms with van der Waals surface area (Å²) in [5, 5.41) is 13.5. The number of nitrogens with one attached hydrogen (secondary N) is 1. The van der Waals surface area contributed by atoms with E-state index >= 15 is 0 Å². The van der Waals surface area contributed by atoms with Crippen molar-refractivity contribution in [3.63, 3.8) is 0 Å². The number of aromatic carboxylic acids is 1. The molecule has 2 aromatic rings. The highest BCUT2D eigenvalue weighted by atomic mass is 32.1. The third-order valence-corrected chi connectivity index (χ3v) is 5.41. The van der Waals surface area contributed by atoms with Gasteiger partial charge in [0.25, 0.3) is 0 Å². The van der Waals surface area contributed by atoms with Gasteiger partial charge in [-0.05, 0) is 30.0 Å². The zero-order chi connectivity index (χ0) is 17.8. The summed E-state index contributed by atoms with van der Waals surface area (Å²) < 4.78 is 0. The molecule has 1 aromatic carbocycles. The molecule has 25 heavy (non-hydrogen) atoms. The number of hydrogen-bond acceptors (Lipinski definition) is 5. The highest BCUT2D eigenvalue weighted by Crippen LogP contribution is 2.35. The number of nitrogens with two attached hydrogens (primary N) is 1. The summed E-state index contributed by atoms with van der Waals surface area (Å²) in [5.41, 5.74) is 7.29. The molecule has 1 amide bonds. The number of carbonyl (C=O) groups is 2. The van der Waals surface area contributed by atoms with Gasteiger partial charge in [0, 0.05) is 11.1 Å². The van der Waals surface area contributed by atoms with E-state index < -0.39 is 5.97 Å². The molecule has 1 saturated carbocycles. The van der Waals surface area contributed by atoms with Gasteiger partial charge < -0.3 is 16.2 Å². The van der Waals surface area contributed by atoms with Crippen molar-refractivity contribution >= 4 is 34.0 Å². The minimum absolute atomic E-state index is 0.0554. The lowest BCUT2D eigenvalue weighted by atomic mass is 9.87. The molecule has 0 saturated heterocycles. The summed E-state index contributed by atoms with van der Waals surface area (Å²) in [4.78, 5) is 27.7. The number of amides is 1. The van der Waals surface area contributed by atoms with Crippen LogP contribution < -0.4 is 11.1 Å². The molecule has 1 heterocycles. The molecule has 1 fully saturated rings. The second-order valence-corrected chi connectivity index (χ2v) is 7.30. The first-order chi connectivity index (χ1) is 12.0. The fraction of sp³-hybridized carbons (Fsp3) is 0.389. The molecule has 1 aliphatic rings. The van der Waals surface area contributed by atoms with Crippen molar-refractivity contribution in [2.75, 3.05) is 11.1 Å². The molecule has 0 bridgehead atoms. The molecular weight excluding hydrogens is 338 g/mol. The smallest absolute Gasteiger partial charge is 0.355 e. The molecular formula is C18H21N3O3S. The lowest BCUT2D eigenvalue weighted by Crippen LogP contribution is -2.23. The van der Waals surface area contributed by atoms with Gasteiger partial charge in [0.2, 0.25) is 5.91 Å². The third-order valence-electron chi connectivity index (χ3n) is 4.65. The van der Waals surface area contributed by atoms with Gasteiger partial charge >= 0.3 is 5.97 Å². The van der Waals surface area contributed by atoms with E-state index in [4.69, 9.17) is 10.8 Å². The van der Waals surface area contributed by atoms with E-state index in [1.165, 1.54) is 18.2 Å². The molecule has 1 atom stereocenters. The topological polar surface area (TPSA) is 105 Å². The van der Waals surface area contributed by atoms with Crippen LogP contribution in [0, 0.1) is 5.92 Å². The first-order valence-electron chi connectivity index (χ1n) is 8.38. The molecule has 1 unspecified atom stereocenters. The number of hydrogen-bond donors (Lipinski definition) is 3. The molecule has 4 N–H and O–H groups in total. The fourth-order valence-corrected chi connectivity index (χ4v) is 4.01. The molecule has 1 aliphatic carbocycles. The van der Waals surface area contributed by atoms with Gasteiger partial charge in [-0.15, -0.1) is 11.3 Å². The number of benzene rings is 1. The van der Waals surface area contributed by atoms with E-state index in [1.807, 2.05) is 12.1 Å². The molecule has 7 heteroatoms. The Kier molecular flexibility index (Phi) is 5.33. The quantitative estimate of drug-likeness (QED) is 0.682. The van der Waals surface area contributed by atoms with E-state index in [2.05, 4.69) is 10.3 Å². The minimum Gasteiger partial charge on any atom is -0.476 e. The van der Waals surface area contributed by atoms with Crippen LogP contribution in [0.5, 0.6) is 0 Å². The van der Waals surface area contributed by atoms with Crippen LogP contribution in [0.1, 0.15) is 54.1 Å². The van der Waals surface area contributed by atoms with Crippen molar-refractivity contribution in [2.45, 2.75) is 38.0 Å². The van der Waals surface area contributed by atoms with Crippen LogP contribution >= 0.6 is 11.3 Å². The third kappa shape index (κ3) is 4.36. The maximum Gasteiger partial charge on any atom is 0.355 e. The van der Waals surface area contributed by atoms with Crippen molar-refractivity contribution < 1.29 is 14.7 Å². The normalized spacial score (nSPS) is 15.8. The average molecular weight is 359 g/mol. The fourth-order valence-electron chi connectivity index (χ4n) is 3.32. The second-order valence-electron chi connectivity index (χ2n) is 6.44. The number of aromatic nitrogens is 1. The van der Waals surface area contributed by atoms with Crippen LogP contribution in [0.2, 0.25) is 0 Å². The molecule has 1 aromatic heterocycles. The zero-order valence-corrected chi connectivity index (χ0v) is 14.6. The van der Waals surface area contributed by atoms with Crippen molar-refractivity contribution in [1.29, 1.82) is 0 Å². The molecule has 0 aliphatic heterocycles. The van der Waals surface area contributed by atoms with E-state index in [-0.39, 0.29) is 17.5 Å². The van der Waals surface area contributed by atoms with Crippen molar-refractivity contribution in [1.82, 2.24) is 4.98 Å². The summed E-state index contributed by atoms with van der Waals surface area (Å²) in [6.45, 7) is 0. The first kappa shape index (κ1) is 17.4. The summed E-state index contributed by atoms with van der Waals surface area (Å²) in [7, 11) is 0. The summed E-state index contributed by atoms with van der Waals surface area (Å²) >= 11 is 1.12. The van der Waals surface area contributed by atoms with E-state index in [0.717, 1.165) is 36.2 Å². The van der Waals surface area contributed by atoms with Crippen LogP contribution in [0.3, 0.4) is 0 Å². The summed E-state index contributed by atoms with van der Waals surface area (Å²) in [6, 6.07) is 7.38. The summed E-state index contributed by atoms with van der Waals surface area (Å²) in [5.74, 6) is -0.999. The number of anilines is 2. The zero-order valence-electron chi connectivity index (χ0n) is 13.8. The van der Waals surface area contributed by atoms with Crippen LogP contribution in [0.25, 0.3) is 0 Å². The van der Waals surface area contributed by atoms with Crippen molar-refractivity contribution in [3.8, 4) is 0 Å². The van der Waals surface area contributed by atoms with Crippen LogP contribution in [-0.4, -0.2) is 22.0 Å². The maximum absolute atomic E-state index is 12.8. The van der Waals surface area contributed by atoms with Gasteiger partial charge in [-0.2, -0.15) is 0 Å². The Morgan fingerprint density at radius 2 is 1.96 bits per heavy atom. The van der Waals surface area contributed by atoms with E-state index in [1.54, 1.807) is 12.1 Å². The summed E-state index contributed by atoms with van der Waals surface area (Å²) in [6.07, 6.45) is 5.52. The number of carboxylic acids is 1. The Balaban J connectivity index is 1.77. The monoisotopic (exact) mass is 359 g/mol. The highest BCUT2D eigenvalue weighted by Gasteiger charge is 2.27. The first-order valence-corrected chi connectivity index (χ1v) is 9.26. The standard InChI is InChI=1S/C18H21N3O3S/c19-13-7-5-12(6-8-13)14(9-11-3-1-2-4-11)16(22)21-18-20-15(10-25-18)17(23)24/h5-8,10-11,14H,1-4,9,19H2,(H,23,24)(H,20,21,22). The lowest BCUT2D eigenvalue weighted by molar-refractivity contribution is -0.118. The molecule has 0 radical (unpaired) electrons. The Morgan fingerprint density at radius 1 is 1.28 bits per heavy atom. The molecule has 6 nitrogen and oxygen atoms in total. The minimum atomic E-state index is -1.10. The number of carbonyl (C=O) groups excluding carboxylic acids is 1. The number of carboxylic acid groups (broad SMARTS) is 1. The van der Waals surface area contributed by atoms with Crippen molar-refractivity contribution in [3.05, 3.63) is 40.9 Å². The highest BCUT2D eigenvalue weighted by molar-refractivity contribution is 7.14. The van der Waals surface area contributed by atoms with Crippen LogP contribution in [0.15, 0.2) is 29.6 Å². The Hall–Kier alpha value is -2.41. The number of nitrogens with zero attached hydrogens (tertiary/aromatic N) is 1. The maximum atomic E-state index is 12.8. The van der Waals surface area contributed by atoms with Gasteiger partial charge in [-0.1, -0.05) is 37.8 Å². The predicted octanol–water partition coefficient (Wildman–Crippen LogP) is 3.73. The number of rotatable bonds is 6. The van der Waals surface area contributed by atoms with E-state index in [0.29, 0.717) is 16.7 Å². The van der Waals surface area contributed by atoms with Gasteiger partial charge in [0.05, 0.1) is 5.92 Å². The van der Waals surface area contributed by atoms with E-state index in [9.17, 15) is 9.59 Å². The van der Waals surface area contributed by atoms with Crippen LogP contribution in [0.4, 0.5) is 10.8 Å². The molecule has 0 spiro atoms. The second kappa shape index (κ2) is 7.65. The predicted molar refractivity (Wildman–Crippen MR) is 97.9 cm³/mol. The lowest BCUT2D eigenvalue weighted by Gasteiger charge is -2.20. The van der Waals surface area contributed by atoms with Gasteiger partial charge in [-0.25, -0.2) is 9.78 Å². The van der Waals surface area contributed by atoms with Gasteiger partial charge in [0.1, 0.15) is 0 Å². The SMILES string of the molecule is Nc1ccc(C(CC2CCCC2)C(=O)Nc2nc(C(=O)O)cs2)cc1. The van der Waals surface area contributed by atoms with Gasteiger partial charge in [-0.3, -0.25) is 4.79 Å². The number of nitrogen functional groups attached to an aromatic ring is 1. The Labute approximate surface area is 150 Å². The Bertz CT molecular complexity index is 751. The van der Waals surface area contributed by atoms with Crippen molar-refractivity contribution in [2.24, 2.45) is 5.92 Å². The van der Waals surface area contributed by atoms with Gasteiger partial charge in [0.15, 0.2) is 10.8 Å². The largest absolute Gasteiger partial charge is 0.476 e. The molecule has 3 rings (SSSR count). The number of thiazole rings is 1. The average Bonchev–Trinajstić information content (AvgIpc) is 3.25. The Morgan fingerprint density at radius 3 is 2.56 bits per heavy atom. The van der Waals surface area contributed by atoms with Crippen LogP contribution in [-0.2, 0) is 4.79 Å².